The average molecular weight is 372 g/mol. The maximum atomic E-state index is 12.7. The van der Waals surface area contributed by atoms with E-state index in [2.05, 4.69) is 17.9 Å². The van der Waals surface area contributed by atoms with Crippen molar-refractivity contribution >= 4 is 0 Å². The summed E-state index contributed by atoms with van der Waals surface area (Å²) in [6.07, 6.45) is -1.63. The minimum atomic E-state index is -4.31. The highest BCUT2D eigenvalue weighted by atomic mass is 19.4. The Morgan fingerprint density at radius 3 is 1.96 bits per heavy atom. The van der Waals surface area contributed by atoms with E-state index in [-0.39, 0.29) is 5.41 Å². The molecule has 1 saturated heterocycles. The summed E-state index contributed by atoms with van der Waals surface area (Å²) >= 11 is 0. The molecule has 0 atom stereocenters. The van der Waals surface area contributed by atoms with Crippen molar-refractivity contribution in [1.29, 1.82) is 5.26 Å². The zero-order chi connectivity index (χ0) is 19.5. The summed E-state index contributed by atoms with van der Waals surface area (Å²) in [6.45, 7) is 5.01. The zero-order valence-corrected chi connectivity index (χ0v) is 15.4. The molecule has 27 heavy (non-hydrogen) atoms. The van der Waals surface area contributed by atoms with E-state index in [9.17, 15) is 13.2 Å². The number of hydrogen-bond donors (Lipinski definition) is 0. The fourth-order valence-electron chi connectivity index (χ4n) is 3.53. The van der Waals surface area contributed by atoms with Gasteiger partial charge in [-0.2, -0.15) is 18.4 Å². The first kappa shape index (κ1) is 19.4. The van der Waals surface area contributed by atoms with E-state index in [0.717, 1.165) is 55.7 Å². The highest BCUT2D eigenvalue weighted by molar-refractivity contribution is 5.64. The number of piperidine rings is 1. The Balaban J connectivity index is 1.60. The number of halogens is 3. The van der Waals surface area contributed by atoms with Crippen molar-refractivity contribution in [2.45, 2.75) is 38.9 Å². The lowest BCUT2D eigenvalue weighted by molar-refractivity contribution is -0.137. The molecule has 1 aliphatic heterocycles. The van der Waals surface area contributed by atoms with Gasteiger partial charge in [-0.05, 0) is 60.2 Å². The molecule has 0 unspecified atom stereocenters. The quantitative estimate of drug-likeness (QED) is 0.669. The van der Waals surface area contributed by atoms with Crippen molar-refractivity contribution < 1.29 is 13.2 Å². The molecule has 1 aliphatic rings. The molecule has 2 nitrogen and oxygen atoms in total. The third-order valence-corrected chi connectivity index (χ3v) is 5.47. The van der Waals surface area contributed by atoms with Crippen LogP contribution in [0.1, 0.15) is 37.3 Å². The molecule has 0 spiro atoms. The van der Waals surface area contributed by atoms with E-state index in [1.54, 1.807) is 0 Å². The molecule has 0 radical (unpaired) electrons. The molecule has 142 valence electrons. The van der Waals surface area contributed by atoms with Crippen LogP contribution in [0.25, 0.3) is 11.1 Å². The number of likely N-dealkylation sites (tertiary alicyclic amines) is 1. The van der Waals surface area contributed by atoms with Crippen LogP contribution in [0.15, 0.2) is 48.5 Å². The van der Waals surface area contributed by atoms with Crippen LogP contribution in [0.5, 0.6) is 0 Å². The number of nitrogens with zero attached hydrogens (tertiary/aromatic N) is 2. The van der Waals surface area contributed by atoms with Gasteiger partial charge in [0.15, 0.2) is 0 Å². The number of alkyl halides is 3. The Kier molecular flexibility index (Phi) is 5.57. The molecule has 0 aromatic heterocycles. The SMILES string of the molecule is CC1(CC#N)CCN(Cc2ccc(-c3ccc(C(F)(F)F)cc3)cc2)CC1. The minimum Gasteiger partial charge on any atom is -0.299 e. The fourth-order valence-corrected chi connectivity index (χ4v) is 3.53. The van der Waals surface area contributed by atoms with Crippen LogP contribution in [0.3, 0.4) is 0 Å². The molecule has 2 aromatic rings. The Morgan fingerprint density at radius 1 is 0.963 bits per heavy atom. The second kappa shape index (κ2) is 7.74. The summed E-state index contributed by atoms with van der Waals surface area (Å²) in [5.74, 6) is 0. The van der Waals surface area contributed by atoms with Crippen molar-refractivity contribution in [3.05, 3.63) is 59.7 Å². The maximum absolute atomic E-state index is 12.7. The largest absolute Gasteiger partial charge is 0.416 e. The van der Waals surface area contributed by atoms with E-state index in [1.807, 2.05) is 24.3 Å². The lowest BCUT2D eigenvalue weighted by Gasteiger charge is -2.38. The maximum Gasteiger partial charge on any atom is 0.416 e. The van der Waals surface area contributed by atoms with Crippen molar-refractivity contribution in [3.63, 3.8) is 0 Å². The molecule has 0 saturated carbocycles. The van der Waals surface area contributed by atoms with E-state index in [1.165, 1.54) is 17.7 Å². The molecule has 0 amide bonds. The summed E-state index contributed by atoms with van der Waals surface area (Å²) in [6, 6.07) is 15.6. The number of hydrogen-bond acceptors (Lipinski definition) is 2. The van der Waals surface area contributed by atoms with E-state index >= 15 is 0 Å². The minimum absolute atomic E-state index is 0.137. The predicted molar refractivity (Wildman–Crippen MR) is 99.7 cm³/mol. The number of rotatable bonds is 4. The van der Waals surface area contributed by atoms with E-state index in [4.69, 9.17) is 5.26 Å². The summed E-state index contributed by atoms with van der Waals surface area (Å²) < 4.78 is 38.0. The van der Waals surface area contributed by atoms with E-state index in [0.29, 0.717) is 6.42 Å². The van der Waals surface area contributed by atoms with Gasteiger partial charge in [0.25, 0.3) is 0 Å². The summed E-state index contributed by atoms with van der Waals surface area (Å²) in [4.78, 5) is 2.40. The van der Waals surface area contributed by atoms with E-state index < -0.39 is 11.7 Å². The highest BCUT2D eigenvalue weighted by Gasteiger charge is 2.30. The van der Waals surface area contributed by atoms with Crippen LogP contribution in [-0.4, -0.2) is 18.0 Å². The molecule has 1 fully saturated rings. The monoisotopic (exact) mass is 372 g/mol. The summed E-state index contributed by atoms with van der Waals surface area (Å²) in [5, 5.41) is 8.94. The number of nitriles is 1. The lowest BCUT2D eigenvalue weighted by atomic mass is 9.78. The van der Waals surface area contributed by atoms with Gasteiger partial charge in [-0.15, -0.1) is 0 Å². The van der Waals surface area contributed by atoms with Gasteiger partial charge in [-0.3, -0.25) is 4.90 Å². The third kappa shape index (κ3) is 4.90. The average Bonchev–Trinajstić information content (AvgIpc) is 2.64. The second-order valence-electron chi connectivity index (χ2n) is 7.69. The normalized spacial score (nSPS) is 17.4. The Morgan fingerprint density at radius 2 is 1.48 bits per heavy atom. The van der Waals surface area contributed by atoms with Crippen LogP contribution in [0.4, 0.5) is 13.2 Å². The molecule has 1 heterocycles. The molecular formula is C22H23F3N2. The van der Waals surface area contributed by atoms with Gasteiger partial charge in [-0.25, -0.2) is 0 Å². The van der Waals surface area contributed by atoms with Crippen molar-refractivity contribution in [2.24, 2.45) is 5.41 Å². The van der Waals surface area contributed by atoms with Gasteiger partial charge in [0.05, 0.1) is 11.6 Å². The van der Waals surface area contributed by atoms with Crippen LogP contribution in [0.2, 0.25) is 0 Å². The second-order valence-corrected chi connectivity index (χ2v) is 7.69. The topological polar surface area (TPSA) is 27.0 Å². The van der Waals surface area contributed by atoms with Gasteiger partial charge in [-0.1, -0.05) is 43.3 Å². The first-order chi connectivity index (χ1) is 12.8. The molecule has 0 bridgehead atoms. The molecule has 3 rings (SSSR count). The Bertz CT molecular complexity index is 793. The van der Waals surface area contributed by atoms with Gasteiger partial charge in [0.1, 0.15) is 0 Å². The van der Waals surface area contributed by atoms with Gasteiger partial charge >= 0.3 is 6.18 Å². The van der Waals surface area contributed by atoms with Crippen molar-refractivity contribution in [1.82, 2.24) is 4.90 Å². The van der Waals surface area contributed by atoms with Crippen LogP contribution in [-0.2, 0) is 12.7 Å². The van der Waals surface area contributed by atoms with Crippen molar-refractivity contribution in [2.75, 3.05) is 13.1 Å². The first-order valence-corrected chi connectivity index (χ1v) is 9.15. The standard InChI is InChI=1S/C22H23F3N2/c1-21(10-13-26)11-14-27(15-12-21)16-17-2-4-18(5-3-17)19-6-8-20(9-7-19)22(23,24)25/h2-9H,10-12,14-16H2,1H3. The lowest BCUT2D eigenvalue weighted by Crippen LogP contribution is -2.38. The summed E-state index contributed by atoms with van der Waals surface area (Å²) in [7, 11) is 0. The Labute approximate surface area is 158 Å². The van der Waals surface area contributed by atoms with Crippen LogP contribution < -0.4 is 0 Å². The van der Waals surface area contributed by atoms with Gasteiger partial charge in [0, 0.05) is 13.0 Å². The fraction of sp³-hybridized carbons (Fsp3) is 0.409. The van der Waals surface area contributed by atoms with Crippen LogP contribution >= 0.6 is 0 Å². The molecule has 5 heteroatoms. The van der Waals surface area contributed by atoms with Crippen LogP contribution in [0, 0.1) is 16.7 Å². The molecule has 0 aliphatic carbocycles. The first-order valence-electron chi connectivity index (χ1n) is 9.15. The third-order valence-electron chi connectivity index (χ3n) is 5.47. The molecule has 0 N–H and O–H groups in total. The number of benzene rings is 2. The molecule has 2 aromatic carbocycles. The summed E-state index contributed by atoms with van der Waals surface area (Å²) in [5.41, 5.74) is 2.39. The zero-order valence-electron chi connectivity index (χ0n) is 15.4. The Hall–Kier alpha value is -2.32. The predicted octanol–water partition coefficient (Wildman–Crippen LogP) is 5.89. The smallest absolute Gasteiger partial charge is 0.299 e. The molecular weight excluding hydrogens is 349 g/mol. The van der Waals surface area contributed by atoms with Crippen molar-refractivity contribution in [3.8, 4) is 17.2 Å². The van der Waals surface area contributed by atoms with Gasteiger partial charge in [0.2, 0.25) is 0 Å². The highest BCUT2D eigenvalue weighted by Crippen LogP contribution is 2.34. The van der Waals surface area contributed by atoms with Gasteiger partial charge < -0.3 is 0 Å².